The second-order valence-electron chi connectivity index (χ2n) is 7.30. The van der Waals surface area contributed by atoms with Crippen LogP contribution in [0.4, 0.5) is 26.1 Å². The number of nitrogens with one attached hydrogen (secondary N) is 4. The topological polar surface area (TPSA) is 132 Å². The third kappa shape index (κ3) is 5.72. The van der Waals surface area contributed by atoms with Crippen molar-refractivity contribution in [2.75, 3.05) is 22.5 Å². The maximum absolute atomic E-state index is 13.0. The fourth-order valence-corrected chi connectivity index (χ4v) is 4.00. The molecule has 0 aliphatic heterocycles. The van der Waals surface area contributed by atoms with Crippen molar-refractivity contribution in [3.8, 4) is 0 Å². The highest BCUT2D eigenvalue weighted by molar-refractivity contribution is 7.17. The molecule has 2 aromatic rings. The van der Waals surface area contributed by atoms with Gasteiger partial charge in [-0.25, -0.2) is 14.6 Å². The summed E-state index contributed by atoms with van der Waals surface area (Å²) in [6, 6.07) is -0.353. The molecule has 0 saturated heterocycles. The van der Waals surface area contributed by atoms with Crippen LogP contribution in [0.1, 0.15) is 57.4 Å². The van der Waals surface area contributed by atoms with Crippen LogP contribution >= 0.6 is 11.3 Å². The molecule has 5 N–H and O–H groups in total. The summed E-state index contributed by atoms with van der Waals surface area (Å²) in [6.45, 7) is 11.6. The lowest BCUT2D eigenvalue weighted by molar-refractivity contribution is 0.102. The molecule has 0 aliphatic carbocycles. The lowest BCUT2D eigenvalue weighted by atomic mass is 9.95. The average molecular weight is 448 g/mol. The van der Waals surface area contributed by atoms with E-state index in [0.29, 0.717) is 33.6 Å². The molecule has 10 heteroatoms. The Balaban J connectivity index is 2.23. The first-order valence-electron chi connectivity index (χ1n) is 10.0. The van der Waals surface area contributed by atoms with E-state index in [1.807, 2.05) is 20.8 Å². The van der Waals surface area contributed by atoms with Crippen LogP contribution in [-0.4, -0.2) is 34.7 Å². The van der Waals surface area contributed by atoms with Crippen LogP contribution in [0.2, 0.25) is 0 Å². The van der Waals surface area contributed by atoms with Crippen molar-refractivity contribution in [1.29, 1.82) is 0 Å². The minimum atomic E-state index is -1.14. The van der Waals surface area contributed by atoms with E-state index >= 15 is 0 Å². The molecule has 9 nitrogen and oxygen atoms in total. The van der Waals surface area contributed by atoms with E-state index in [1.165, 1.54) is 0 Å². The van der Waals surface area contributed by atoms with Gasteiger partial charge < -0.3 is 15.7 Å². The number of carboxylic acid groups (broad SMARTS) is 1. The first-order valence-corrected chi connectivity index (χ1v) is 10.8. The summed E-state index contributed by atoms with van der Waals surface area (Å²) in [4.78, 5) is 40.7. The largest absolute Gasteiger partial charge is 0.465 e. The summed E-state index contributed by atoms with van der Waals surface area (Å²) in [5, 5.41) is 20.2. The number of benzene rings is 1. The zero-order chi connectivity index (χ0) is 23.3. The molecule has 0 bridgehead atoms. The van der Waals surface area contributed by atoms with Crippen molar-refractivity contribution < 1.29 is 19.5 Å². The highest BCUT2D eigenvalue weighted by Crippen LogP contribution is 2.35. The lowest BCUT2D eigenvalue weighted by Crippen LogP contribution is -2.29. The molecule has 1 aromatic heterocycles. The van der Waals surface area contributed by atoms with Crippen LogP contribution in [0.25, 0.3) is 0 Å². The number of unbranched alkanes of at least 4 members (excludes halogenated alkanes) is 1. The van der Waals surface area contributed by atoms with Gasteiger partial charge in [0.05, 0.1) is 11.4 Å². The van der Waals surface area contributed by atoms with Gasteiger partial charge in [0.15, 0.2) is 5.13 Å². The Morgan fingerprint density at radius 2 is 1.45 bits per heavy atom. The smallest absolute Gasteiger partial charge is 0.409 e. The number of amides is 4. The van der Waals surface area contributed by atoms with E-state index in [1.54, 1.807) is 20.8 Å². The Labute approximate surface area is 185 Å². The quantitative estimate of drug-likeness (QED) is 0.383. The van der Waals surface area contributed by atoms with Gasteiger partial charge in [-0.05, 0) is 63.3 Å². The normalized spacial score (nSPS) is 10.5. The highest BCUT2D eigenvalue weighted by Gasteiger charge is 2.21. The molecule has 2 rings (SSSR count). The first kappa shape index (κ1) is 24.1. The molecule has 0 aliphatic rings. The third-order valence-electron chi connectivity index (χ3n) is 5.13. The number of thiazole rings is 1. The Hall–Kier alpha value is -3.14. The van der Waals surface area contributed by atoms with E-state index in [0.717, 1.165) is 46.4 Å². The van der Waals surface area contributed by atoms with Gasteiger partial charge in [-0.15, -0.1) is 0 Å². The maximum atomic E-state index is 13.0. The van der Waals surface area contributed by atoms with Gasteiger partial charge in [0.2, 0.25) is 0 Å². The molecule has 4 amide bonds. The first-order chi connectivity index (χ1) is 14.6. The van der Waals surface area contributed by atoms with Gasteiger partial charge in [-0.2, -0.15) is 0 Å². The zero-order valence-corrected chi connectivity index (χ0v) is 19.5. The minimum absolute atomic E-state index is 0.335. The number of carbonyl (C=O) groups excluding carboxylic acids is 2. The molecule has 0 unspecified atom stereocenters. The zero-order valence-electron chi connectivity index (χ0n) is 18.6. The number of aromatic nitrogens is 1. The molecule has 0 saturated carbocycles. The monoisotopic (exact) mass is 447 g/mol. The van der Waals surface area contributed by atoms with E-state index in [9.17, 15) is 14.4 Å². The predicted molar refractivity (Wildman–Crippen MR) is 124 cm³/mol. The fourth-order valence-electron chi connectivity index (χ4n) is 3.15. The van der Waals surface area contributed by atoms with Gasteiger partial charge in [-0.1, -0.05) is 24.7 Å². The Bertz CT molecular complexity index is 987. The van der Waals surface area contributed by atoms with Crippen molar-refractivity contribution >= 4 is 45.9 Å². The Morgan fingerprint density at radius 1 is 0.903 bits per heavy atom. The summed E-state index contributed by atoms with van der Waals surface area (Å²) in [5.74, 6) is -0.335. The van der Waals surface area contributed by atoms with Crippen molar-refractivity contribution in [3.05, 3.63) is 32.8 Å². The summed E-state index contributed by atoms with van der Waals surface area (Å²) >= 11 is 1.10. The Morgan fingerprint density at radius 3 is 1.97 bits per heavy atom. The van der Waals surface area contributed by atoms with Crippen molar-refractivity contribution in [1.82, 2.24) is 10.3 Å². The molecule has 0 radical (unpaired) electrons. The molecular formula is C21H29N5O4S. The molecule has 0 fully saturated rings. The molecular weight excluding hydrogens is 418 g/mol. The minimum Gasteiger partial charge on any atom is -0.465 e. The predicted octanol–water partition coefficient (Wildman–Crippen LogP) is 4.95. The standard InChI is InChI=1S/C21H29N5O4S/c1-7-8-9-22-19(28)26-20-23-14(6)17(31-20)18(27)24-15-10(2)12(4)16(25-21(29)30)13(5)11(15)3/h25H,7-9H2,1-6H3,(H,24,27)(H,29,30)(H2,22,23,26,28). The second kappa shape index (κ2) is 10.3. The van der Waals surface area contributed by atoms with Gasteiger partial charge in [0.1, 0.15) is 4.88 Å². The van der Waals surface area contributed by atoms with Gasteiger partial charge in [0.25, 0.3) is 5.91 Å². The number of carbonyl (C=O) groups is 3. The lowest BCUT2D eigenvalue weighted by Gasteiger charge is -2.20. The van der Waals surface area contributed by atoms with Crippen LogP contribution in [0, 0.1) is 34.6 Å². The molecule has 31 heavy (non-hydrogen) atoms. The SMILES string of the molecule is CCCCNC(=O)Nc1nc(C)c(C(=O)Nc2c(C)c(C)c(NC(=O)O)c(C)c2C)s1. The second-order valence-corrected chi connectivity index (χ2v) is 8.30. The van der Waals surface area contributed by atoms with Crippen LogP contribution in [0.5, 0.6) is 0 Å². The van der Waals surface area contributed by atoms with E-state index in [2.05, 4.69) is 26.3 Å². The van der Waals surface area contributed by atoms with E-state index in [4.69, 9.17) is 5.11 Å². The fraction of sp³-hybridized carbons (Fsp3) is 0.429. The van der Waals surface area contributed by atoms with Crippen LogP contribution in [-0.2, 0) is 0 Å². The van der Waals surface area contributed by atoms with Crippen LogP contribution in [0.3, 0.4) is 0 Å². The molecule has 0 spiro atoms. The number of hydrogen-bond acceptors (Lipinski definition) is 5. The summed E-state index contributed by atoms with van der Waals surface area (Å²) in [7, 11) is 0. The Kier molecular flexibility index (Phi) is 7.98. The molecule has 168 valence electrons. The average Bonchev–Trinajstić information content (AvgIpc) is 3.07. The van der Waals surface area contributed by atoms with Crippen LogP contribution in [0.15, 0.2) is 0 Å². The summed E-state index contributed by atoms with van der Waals surface area (Å²) in [5.41, 5.74) is 4.71. The summed E-state index contributed by atoms with van der Waals surface area (Å²) in [6.07, 6.45) is 0.725. The number of nitrogens with zero attached hydrogens (tertiary/aromatic N) is 1. The number of rotatable bonds is 7. The molecule has 0 atom stereocenters. The number of aryl methyl sites for hydroxylation is 1. The number of anilines is 3. The maximum Gasteiger partial charge on any atom is 0.409 e. The number of hydrogen-bond donors (Lipinski definition) is 5. The van der Waals surface area contributed by atoms with Crippen molar-refractivity contribution in [3.63, 3.8) is 0 Å². The highest BCUT2D eigenvalue weighted by atomic mass is 32.1. The number of urea groups is 1. The molecule has 1 heterocycles. The van der Waals surface area contributed by atoms with Crippen molar-refractivity contribution in [2.45, 2.75) is 54.4 Å². The van der Waals surface area contributed by atoms with Crippen molar-refractivity contribution in [2.24, 2.45) is 0 Å². The van der Waals surface area contributed by atoms with Gasteiger partial charge >= 0.3 is 12.1 Å². The molecule has 1 aromatic carbocycles. The van der Waals surface area contributed by atoms with Crippen LogP contribution < -0.4 is 21.3 Å². The van der Waals surface area contributed by atoms with Gasteiger partial charge in [0, 0.05) is 12.2 Å². The third-order valence-corrected chi connectivity index (χ3v) is 6.21. The van der Waals surface area contributed by atoms with E-state index < -0.39 is 6.09 Å². The van der Waals surface area contributed by atoms with Gasteiger partial charge in [-0.3, -0.25) is 15.4 Å². The summed E-state index contributed by atoms with van der Waals surface area (Å²) < 4.78 is 0. The van der Waals surface area contributed by atoms with E-state index in [-0.39, 0.29) is 11.9 Å².